The van der Waals surface area contributed by atoms with Crippen molar-refractivity contribution in [2.45, 2.75) is 51.9 Å². The number of halogens is 4. The number of nitrogens with one attached hydrogen (secondary N) is 2. The van der Waals surface area contributed by atoms with E-state index < -0.39 is 23.6 Å². The van der Waals surface area contributed by atoms with E-state index in [2.05, 4.69) is 44.6 Å². The minimum atomic E-state index is -4.40. The number of carbonyl (C=O) groups is 2. The van der Waals surface area contributed by atoms with Crippen molar-refractivity contribution in [2.24, 2.45) is 0 Å². The number of rotatable bonds is 10. The van der Waals surface area contributed by atoms with Gasteiger partial charge in [-0.25, -0.2) is 15.0 Å². The molecule has 5 aromatic rings. The number of nitrogens with zero attached hydrogens (tertiary/aromatic N) is 4. The molecule has 1 fully saturated rings. The topological polar surface area (TPSA) is 100 Å². The van der Waals surface area contributed by atoms with Crippen LogP contribution in [-0.2, 0) is 12.7 Å². The Kier molecular flexibility index (Phi) is 12.6. The van der Waals surface area contributed by atoms with Crippen molar-refractivity contribution >= 4 is 23.2 Å². The highest BCUT2D eigenvalue weighted by Crippen LogP contribution is 2.35. The van der Waals surface area contributed by atoms with Crippen LogP contribution >= 0.6 is 11.3 Å². The summed E-state index contributed by atoms with van der Waals surface area (Å²) in [7, 11) is 0. The molecule has 0 radical (unpaired) electrons. The van der Waals surface area contributed by atoms with Gasteiger partial charge in [-0.05, 0) is 75.5 Å². The van der Waals surface area contributed by atoms with E-state index in [1.807, 2.05) is 30.5 Å². The number of aromatic nitrogens is 3. The molecule has 0 bridgehead atoms. The molecule has 2 amide bonds. The van der Waals surface area contributed by atoms with Crippen molar-refractivity contribution in [3.8, 4) is 11.3 Å². The Morgan fingerprint density at radius 1 is 0.961 bits per heavy atom. The first-order valence-corrected chi connectivity index (χ1v) is 17.4. The molecule has 0 unspecified atom stereocenters. The summed E-state index contributed by atoms with van der Waals surface area (Å²) in [6.45, 7) is 5.50. The second-order valence-electron chi connectivity index (χ2n) is 12.1. The molecule has 2 aromatic carbocycles. The van der Waals surface area contributed by atoms with Gasteiger partial charge in [-0.3, -0.25) is 9.59 Å². The maximum atomic E-state index is 13.7. The van der Waals surface area contributed by atoms with Gasteiger partial charge < -0.3 is 15.5 Å². The number of hydrogen-bond donors (Lipinski definition) is 2. The maximum Gasteiger partial charge on any atom is 0.416 e. The molecule has 4 heterocycles. The summed E-state index contributed by atoms with van der Waals surface area (Å²) in [5.74, 6) is -1.42. The van der Waals surface area contributed by atoms with Crippen LogP contribution in [0.4, 0.5) is 17.6 Å². The summed E-state index contributed by atoms with van der Waals surface area (Å²) in [6, 6.07) is 20.8. The number of aryl methyl sites for hydroxylation is 2. The van der Waals surface area contributed by atoms with Crippen LogP contribution in [0.2, 0.25) is 0 Å². The van der Waals surface area contributed by atoms with Crippen molar-refractivity contribution in [3.05, 3.63) is 135 Å². The summed E-state index contributed by atoms with van der Waals surface area (Å²) in [4.78, 5) is 41.4. The zero-order chi connectivity index (χ0) is 36.4. The molecule has 1 aliphatic heterocycles. The van der Waals surface area contributed by atoms with Gasteiger partial charge in [0.05, 0.1) is 17.3 Å². The number of amides is 2. The van der Waals surface area contributed by atoms with Crippen LogP contribution in [0.5, 0.6) is 0 Å². The molecular formula is C38H38F4N6O2S. The lowest BCUT2D eigenvalue weighted by molar-refractivity contribution is -0.137. The van der Waals surface area contributed by atoms with E-state index in [9.17, 15) is 27.2 Å². The highest BCUT2D eigenvalue weighted by molar-refractivity contribution is 7.09. The molecule has 8 nitrogen and oxygen atoms in total. The predicted octanol–water partition coefficient (Wildman–Crippen LogP) is 7.95. The molecule has 51 heavy (non-hydrogen) atoms. The average Bonchev–Trinajstić information content (AvgIpc) is 3.79. The molecular weight excluding hydrogens is 681 g/mol. The van der Waals surface area contributed by atoms with Gasteiger partial charge in [-0.15, -0.1) is 11.3 Å². The first kappa shape index (κ1) is 37.3. The van der Waals surface area contributed by atoms with Gasteiger partial charge >= 0.3 is 6.18 Å². The Morgan fingerprint density at radius 2 is 1.76 bits per heavy atom. The van der Waals surface area contributed by atoms with Gasteiger partial charge in [0.1, 0.15) is 10.7 Å². The fourth-order valence-corrected chi connectivity index (χ4v) is 6.47. The first-order chi connectivity index (χ1) is 24.5. The van der Waals surface area contributed by atoms with Crippen LogP contribution in [-0.4, -0.2) is 51.3 Å². The fourth-order valence-electron chi connectivity index (χ4n) is 5.53. The zero-order valence-corrected chi connectivity index (χ0v) is 29.0. The van der Waals surface area contributed by atoms with Crippen molar-refractivity contribution in [2.75, 3.05) is 19.6 Å². The number of pyridine rings is 2. The quantitative estimate of drug-likeness (QED) is 0.0864. The van der Waals surface area contributed by atoms with Gasteiger partial charge in [0.25, 0.3) is 11.8 Å². The Bertz CT molecular complexity index is 1920. The minimum absolute atomic E-state index is 0.0832. The van der Waals surface area contributed by atoms with Crippen LogP contribution in [0, 0.1) is 19.8 Å². The summed E-state index contributed by atoms with van der Waals surface area (Å²) in [5, 5.41) is 8.70. The smallest absolute Gasteiger partial charge is 0.352 e. The number of thiazole rings is 1. The zero-order valence-electron chi connectivity index (χ0n) is 28.2. The normalized spacial score (nSPS) is 14.2. The Hall–Kier alpha value is -5.01. The molecule has 1 aliphatic rings. The van der Waals surface area contributed by atoms with Gasteiger partial charge in [-0.1, -0.05) is 54.1 Å². The molecule has 0 saturated carbocycles. The molecule has 3 aromatic heterocycles. The van der Waals surface area contributed by atoms with Crippen LogP contribution in [0.25, 0.3) is 11.3 Å². The van der Waals surface area contributed by atoms with Gasteiger partial charge in [0.15, 0.2) is 0 Å². The van der Waals surface area contributed by atoms with Crippen molar-refractivity contribution < 1.29 is 27.2 Å². The monoisotopic (exact) mass is 718 g/mol. The van der Waals surface area contributed by atoms with E-state index >= 15 is 0 Å². The molecule has 13 heteroatoms. The highest BCUT2D eigenvalue weighted by Gasteiger charge is 2.34. The molecule has 1 saturated heterocycles. The number of alkyl halides is 3. The predicted molar refractivity (Wildman–Crippen MR) is 189 cm³/mol. The molecule has 266 valence electrons. The van der Waals surface area contributed by atoms with E-state index in [-0.39, 0.29) is 36.3 Å². The lowest BCUT2D eigenvalue weighted by Gasteiger charge is -2.23. The second-order valence-corrected chi connectivity index (χ2v) is 13.0. The largest absolute Gasteiger partial charge is 0.416 e. The third-order valence-electron chi connectivity index (χ3n) is 8.11. The molecule has 6 rings (SSSR count). The van der Waals surface area contributed by atoms with E-state index in [0.717, 1.165) is 35.7 Å². The lowest BCUT2D eigenvalue weighted by atomic mass is 10.1. The molecule has 0 aliphatic carbocycles. The summed E-state index contributed by atoms with van der Waals surface area (Å²) in [6.07, 6.45) is -1.01. The number of benzene rings is 2. The van der Waals surface area contributed by atoms with Crippen molar-refractivity contribution in [3.63, 3.8) is 0 Å². The lowest BCUT2D eigenvalue weighted by Crippen LogP contribution is -2.32. The SMILES string of the molecule is Cc1ccccc1.Cc1csc([C@H]2CCCN2C(=O)c2cc(C(=O)NCCCNCc3cccc(C(F)(F)F)c3)cc(-c3ccc(F)nc3)n2)n1. The third-order valence-corrected chi connectivity index (χ3v) is 9.17. The number of carbonyl (C=O) groups excluding carboxylic acids is 2. The molecule has 1 atom stereocenters. The summed E-state index contributed by atoms with van der Waals surface area (Å²) in [5.41, 5.74) is 3.06. The summed E-state index contributed by atoms with van der Waals surface area (Å²) < 4.78 is 52.3. The summed E-state index contributed by atoms with van der Waals surface area (Å²) >= 11 is 1.50. The van der Waals surface area contributed by atoms with Crippen LogP contribution < -0.4 is 10.6 Å². The Morgan fingerprint density at radius 3 is 2.43 bits per heavy atom. The fraction of sp³-hybridized carbons (Fsp3) is 0.289. The van der Waals surface area contributed by atoms with Crippen molar-refractivity contribution in [1.29, 1.82) is 0 Å². The third kappa shape index (κ3) is 10.5. The van der Waals surface area contributed by atoms with Crippen LogP contribution in [0.15, 0.2) is 90.4 Å². The van der Waals surface area contributed by atoms with E-state index in [0.29, 0.717) is 36.3 Å². The molecule has 0 spiro atoms. The van der Waals surface area contributed by atoms with E-state index in [1.165, 1.54) is 53.4 Å². The van der Waals surface area contributed by atoms with Crippen molar-refractivity contribution in [1.82, 2.24) is 30.5 Å². The van der Waals surface area contributed by atoms with Gasteiger partial charge in [0.2, 0.25) is 5.95 Å². The minimum Gasteiger partial charge on any atom is -0.352 e. The Labute approximate surface area is 298 Å². The second kappa shape index (κ2) is 17.3. The van der Waals surface area contributed by atoms with Gasteiger partial charge in [0, 0.05) is 48.0 Å². The van der Waals surface area contributed by atoms with Crippen LogP contribution in [0.1, 0.15) is 73.5 Å². The first-order valence-electron chi connectivity index (χ1n) is 16.5. The maximum absolute atomic E-state index is 13.7. The Balaban J connectivity index is 0.000000643. The van der Waals surface area contributed by atoms with E-state index in [4.69, 9.17) is 0 Å². The standard InChI is InChI=1S/C31H30F4N6O2S.C7H8/c1-19-18-44-29(39-19)26-7-3-12-41(26)30(43)25-15-22(14-24(40-25)21-8-9-27(32)38-17-21)28(42)37-11-4-10-36-16-20-5-2-6-23(13-20)31(33,34)35;1-7-5-3-2-4-6-7/h2,5-6,8-9,13-15,17-18,26,36H,3-4,7,10-12,16H2,1H3,(H,37,42);2-6H,1H3/t26-;/m1./s1. The average molecular weight is 719 g/mol. The molecule has 2 N–H and O–H groups in total. The number of hydrogen-bond acceptors (Lipinski definition) is 7. The highest BCUT2D eigenvalue weighted by atomic mass is 32.1. The van der Waals surface area contributed by atoms with Gasteiger partial charge in [-0.2, -0.15) is 17.6 Å². The number of likely N-dealkylation sites (tertiary alicyclic amines) is 1. The van der Waals surface area contributed by atoms with Crippen LogP contribution in [0.3, 0.4) is 0 Å². The van der Waals surface area contributed by atoms with E-state index in [1.54, 1.807) is 11.0 Å².